The molecule has 2 nitrogen and oxygen atoms in total. The molecule has 0 amide bonds. The molecule has 1 aromatic heterocycles. The summed E-state index contributed by atoms with van der Waals surface area (Å²) in [6.07, 6.45) is 11.1. The second kappa shape index (κ2) is 4.54. The van der Waals surface area contributed by atoms with Gasteiger partial charge in [-0.05, 0) is 18.9 Å². The van der Waals surface area contributed by atoms with E-state index in [0.29, 0.717) is 0 Å². The zero-order valence-corrected chi connectivity index (χ0v) is 7.54. The lowest BCUT2D eigenvalue weighted by atomic mass is 10.1. The zero-order chi connectivity index (χ0) is 8.81. The summed E-state index contributed by atoms with van der Waals surface area (Å²) >= 11 is 0. The molecule has 1 aromatic rings. The first-order valence-electron chi connectivity index (χ1n) is 4.20. The molecule has 0 bridgehead atoms. The zero-order valence-electron chi connectivity index (χ0n) is 7.54. The van der Waals surface area contributed by atoms with Crippen LogP contribution >= 0.6 is 0 Å². The topological polar surface area (TPSA) is 28.7 Å². The fourth-order valence-electron chi connectivity index (χ4n) is 1.01. The van der Waals surface area contributed by atoms with Crippen molar-refractivity contribution in [3.63, 3.8) is 0 Å². The second-order valence-corrected chi connectivity index (χ2v) is 2.54. The SMILES string of the molecule is C/C=C(\C=C/CC)c1cn[nH]c1. The van der Waals surface area contributed by atoms with Crippen LogP contribution in [0.3, 0.4) is 0 Å². The largest absolute Gasteiger partial charge is 0.285 e. The Morgan fingerprint density at radius 2 is 2.50 bits per heavy atom. The molecule has 1 rings (SSSR count). The molecule has 0 saturated carbocycles. The Balaban J connectivity index is 2.78. The molecule has 0 unspecified atom stereocenters. The number of nitrogens with one attached hydrogen (secondary N) is 1. The predicted molar refractivity (Wildman–Crippen MR) is 51.7 cm³/mol. The van der Waals surface area contributed by atoms with E-state index in [9.17, 15) is 0 Å². The summed E-state index contributed by atoms with van der Waals surface area (Å²) in [4.78, 5) is 0. The average molecular weight is 162 g/mol. The summed E-state index contributed by atoms with van der Waals surface area (Å²) in [5, 5.41) is 6.70. The number of rotatable bonds is 3. The van der Waals surface area contributed by atoms with Gasteiger partial charge in [-0.15, -0.1) is 0 Å². The van der Waals surface area contributed by atoms with Gasteiger partial charge in [-0.2, -0.15) is 5.10 Å². The predicted octanol–water partition coefficient (Wildman–Crippen LogP) is 2.78. The first kappa shape index (κ1) is 8.78. The molecule has 0 radical (unpaired) electrons. The van der Waals surface area contributed by atoms with Gasteiger partial charge in [-0.1, -0.05) is 25.2 Å². The van der Waals surface area contributed by atoms with Crippen molar-refractivity contribution in [2.45, 2.75) is 20.3 Å². The monoisotopic (exact) mass is 162 g/mol. The fourth-order valence-corrected chi connectivity index (χ4v) is 1.01. The lowest BCUT2D eigenvalue weighted by Gasteiger charge is -1.94. The summed E-state index contributed by atoms with van der Waals surface area (Å²) in [5.74, 6) is 0. The molecule has 2 heteroatoms. The summed E-state index contributed by atoms with van der Waals surface area (Å²) < 4.78 is 0. The van der Waals surface area contributed by atoms with Crippen LogP contribution in [0, 0.1) is 0 Å². The van der Waals surface area contributed by atoms with Crippen molar-refractivity contribution in [3.05, 3.63) is 36.2 Å². The maximum atomic E-state index is 3.90. The van der Waals surface area contributed by atoms with E-state index < -0.39 is 0 Å². The first-order valence-corrected chi connectivity index (χ1v) is 4.20. The molecule has 0 saturated heterocycles. The van der Waals surface area contributed by atoms with Crippen LogP contribution in [-0.4, -0.2) is 10.2 Å². The quantitative estimate of drug-likeness (QED) is 0.680. The van der Waals surface area contributed by atoms with Crippen molar-refractivity contribution in [1.82, 2.24) is 10.2 Å². The third-order valence-electron chi connectivity index (χ3n) is 1.68. The van der Waals surface area contributed by atoms with Gasteiger partial charge in [0.2, 0.25) is 0 Å². The van der Waals surface area contributed by atoms with Crippen LogP contribution in [0.4, 0.5) is 0 Å². The van der Waals surface area contributed by atoms with E-state index in [4.69, 9.17) is 0 Å². The van der Waals surface area contributed by atoms with Gasteiger partial charge in [-0.25, -0.2) is 0 Å². The van der Waals surface area contributed by atoms with Crippen LogP contribution < -0.4 is 0 Å². The Kier molecular flexibility index (Phi) is 3.33. The van der Waals surface area contributed by atoms with E-state index in [-0.39, 0.29) is 0 Å². The van der Waals surface area contributed by atoms with E-state index in [1.807, 2.05) is 19.3 Å². The smallest absolute Gasteiger partial charge is 0.0565 e. The van der Waals surface area contributed by atoms with Crippen molar-refractivity contribution in [2.24, 2.45) is 0 Å². The van der Waals surface area contributed by atoms with Gasteiger partial charge < -0.3 is 0 Å². The average Bonchev–Trinajstić information content (AvgIpc) is 2.59. The van der Waals surface area contributed by atoms with E-state index in [0.717, 1.165) is 12.0 Å². The molecule has 0 aliphatic rings. The lowest BCUT2D eigenvalue weighted by molar-refractivity contribution is 1.09. The number of aromatic amines is 1. The first-order chi connectivity index (χ1) is 5.88. The van der Waals surface area contributed by atoms with Gasteiger partial charge in [0.1, 0.15) is 0 Å². The van der Waals surface area contributed by atoms with Crippen LogP contribution in [0.5, 0.6) is 0 Å². The molecule has 0 aromatic carbocycles. The Morgan fingerprint density at radius 3 is 3.00 bits per heavy atom. The third-order valence-corrected chi connectivity index (χ3v) is 1.68. The molecule has 1 heterocycles. The minimum absolute atomic E-state index is 1.06. The number of hydrogen-bond acceptors (Lipinski definition) is 1. The fraction of sp³-hybridized carbons (Fsp3) is 0.300. The van der Waals surface area contributed by atoms with Crippen LogP contribution in [-0.2, 0) is 0 Å². The normalized spacial score (nSPS) is 12.7. The van der Waals surface area contributed by atoms with Crippen molar-refractivity contribution < 1.29 is 0 Å². The lowest BCUT2D eigenvalue weighted by Crippen LogP contribution is -1.74. The van der Waals surface area contributed by atoms with E-state index in [2.05, 4.69) is 35.3 Å². The number of aromatic nitrogens is 2. The van der Waals surface area contributed by atoms with Crippen LogP contribution in [0.25, 0.3) is 5.57 Å². The molecule has 0 spiro atoms. The molecular weight excluding hydrogens is 148 g/mol. The molecule has 0 atom stereocenters. The van der Waals surface area contributed by atoms with Gasteiger partial charge in [0, 0.05) is 11.8 Å². The highest BCUT2D eigenvalue weighted by Crippen LogP contribution is 2.13. The third kappa shape index (κ3) is 2.09. The van der Waals surface area contributed by atoms with Crippen LogP contribution in [0.1, 0.15) is 25.8 Å². The molecule has 12 heavy (non-hydrogen) atoms. The van der Waals surface area contributed by atoms with E-state index >= 15 is 0 Å². The van der Waals surface area contributed by atoms with E-state index in [1.165, 1.54) is 5.57 Å². The molecule has 64 valence electrons. The van der Waals surface area contributed by atoms with Crippen molar-refractivity contribution in [3.8, 4) is 0 Å². The van der Waals surface area contributed by atoms with Gasteiger partial charge in [0.15, 0.2) is 0 Å². The van der Waals surface area contributed by atoms with Crippen molar-refractivity contribution >= 4 is 5.57 Å². The highest BCUT2D eigenvalue weighted by molar-refractivity contribution is 5.72. The van der Waals surface area contributed by atoms with Crippen LogP contribution in [0.2, 0.25) is 0 Å². The Labute approximate surface area is 73.0 Å². The minimum Gasteiger partial charge on any atom is -0.285 e. The Bertz CT molecular complexity index is 268. The Morgan fingerprint density at radius 1 is 1.67 bits per heavy atom. The molecular formula is C10H14N2. The van der Waals surface area contributed by atoms with Gasteiger partial charge >= 0.3 is 0 Å². The molecule has 0 aliphatic carbocycles. The van der Waals surface area contributed by atoms with Crippen LogP contribution in [0.15, 0.2) is 30.6 Å². The number of H-pyrrole nitrogens is 1. The van der Waals surface area contributed by atoms with Gasteiger partial charge in [0.05, 0.1) is 6.20 Å². The summed E-state index contributed by atoms with van der Waals surface area (Å²) in [6, 6.07) is 0. The summed E-state index contributed by atoms with van der Waals surface area (Å²) in [6.45, 7) is 4.15. The second-order valence-electron chi connectivity index (χ2n) is 2.54. The van der Waals surface area contributed by atoms with Gasteiger partial charge in [0.25, 0.3) is 0 Å². The van der Waals surface area contributed by atoms with Crippen molar-refractivity contribution in [1.29, 1.82) is 0 Å². The highest BCUT2D eigenvalue weighted by Gasteiger charge is 1.95. The maximum absolute atomic E-state index is 3.90. The number of nitrogens with zero attached hydrogens (tertiary/aromatic N) is 1. The minimum atomic E-state index is 1.06. The number of allylic oxidation sites excluding steroid dienone is 4. The Hall–Kier alpha value is -1.31. The van der Waals surface area contributed by atoms with Gasteiger partial charge in [-0.3, -0.25) is 5.10 Å². The molecule has 1 N–H and O–H groups in total. The number of hydrogen-bond donors (Lipinski definition) is 1. The van der Waals surface area contributed by atoms with Crippen molar-refractivity contribution in [2.75, 3.05) is 0 Å². The summed E-state index contributed by atoms with van der Waals surface area (Å²) in [7, 11) is 0. The maximum Gasteiger partial charge on any atom is 0.0565 e. The standard InChI is InChI=1S/C10H14N2/c1-3-5-6-9(4-2)10-7-11-12-8-10/h4-8H,3H2,1-2H3,(H,11,12)/b6-5-,9-4+. The van der Waals surface area contributed by atoms with E-state index in [1.54, 1.807) is 0 Å². The molecule has 0 aliphatic heterocycles. The highest BCUT2D eigenvalue weighted by atomic mass is 15.1. The molecule has 0 fully saturated rings. The summed E-state index contributed by atoms with van der Waals surface area (Å²) in [5.41, 5.74) is 2.35.